The molecule has 2 saturated heterocycles. The maximum absolute atomic E-state index is 9.18. The molecule has 1 N–H and O–H groups in total. The highest BCUT2D eigenvalue weighted by molar-refractivity contribution is 5.22. The number of aliphatic hydroxyl groups excluding tert-OH is 1. The van der Waals surface area contributed by atoms with Crippen LogP contribution in [0.15, 0.2) is 30.3 Å². The van der Waals surface area contributed by atoms with Crippen LogP contribution in [0, 0.1) is 5.41 Å². The highest BCUT2D eigenvalue weighted by atomic mass is 16.3. The van der Waals surface area contributed by atoms with Crippen LogP contribution in [-0.4, -0.2) is 60.3 Å². The second-order valence-corrected chi connectivity index (χ2v) is 8.04. The van der Waals surface area contributed by atoms with Crippen molar-refractivity contribution in [3.05, 3.63) is 35.9 Å². The van der Waals surface area contributed by atoms with Gasteiger partial charge < -0.3 is 10.0 Å². The van der Waals surface area contributed by atoms with E-state index in [-0.39, 0.29) is 0 Å². The Bertz CT molecular complexity index is 506. The summed E-state index contributed by atoms with van der Waals surface area (Å²) in [5.41, 5.74) is 2.04. The van der Waals surface area contributed by atoms with Crippen LogP contribution >= 0.6 is 0 Å². The summed E-state index contributed by atoms with van der Waals surface area (Å²) in [6, 6.07) is 12.1. The number of hydrogen-bond donors (Lipinski definition) is 1. The van der Waals surface area contributed by atoms with Crippen molar-refractivity contribution in [2.24, 2.45) is 5.41 Å². The third-order valence-electron chi connectivity index (χ3n) is 6.34. The fraction of sp³-hybridized carbons (Fsp3) is 0.700. The maximum atomic E-state index is 9.18. The van der Waals surface area contributed by atoms with Gasteiger partial charge in [0.15, 0.2) is 0 Å². The predicted molar refractivity (Wildman–Crippen MR) is 93.6 cm³/mol. The third kappa shape index (κ3) is 3.47. The van der Waals surface area contributed by atoms with E-state index in [0.717, 1.165) is 12.6 Å². The molecule has 2 heterocycles. The molecule has 1 spiro atoms. The standard InChI is InChI=1S/C20H30N2O/c23-13-12-21-10-8-20(9-11-21)14-18(17-4-2-1-3-5-17)15-22(16-20)19-6-7-19/h1-5,18-19,23H,6-16H2. The molecule has 0 aromatic heterocycles. The molecule has 1 aromatic carbocycles. The molecule has 0 radical (unpaired) electrons. The first-order valence-electron chi connectivity index (χ1n) is 9.40. The van der Waals surface area contributed by atoms with Gasteiger partial charge in [-0.2, -0.15) is 0 Å². The molecular formula is C20H30N2O. The Labute approximate surface area is 140 Å². The second kappa shape index (κ2) is 6.54. The van der Waals surface area contributed by atoms with Gasteiger partial charge in [0.1, 0.15) is 0 Å². The zero-order chi connectivity index (χ0) is 15.7. The van der Waals surface area contributed by atoms with Gasteiger partial charge in [-0.05, 0) is 62.1 Å². The van der Waals surface area contributed by atoms with Crippen molar-refractivity contribution in [1.29, 1.82) is 0 Å². The van der Waals surface area contributed by atoms with Gasteiger partial charge in [0, 0.05) is 25.7 Å². The Morgan fingerprint density at radius 1 is 1.09 bits per heavy atom. The molecule has 3 aliphatic rings. The van der Waals surface area contributed by atoms with E-state index in [1.54, 1.807) is 0 Å². The number of benzene rings is 1. The molecule has 1 atom stereocenters. The van der Waals surface area contributed by atoms with E-state index in [1.807, 2.05) is 0 Å². The van der Waals surface area contributed by atoms with Gasteiger partial charge in [0.05, 0.1) is 6.61 Å². The van der Waals surface area contributed by atoms with Crippen LogP contribution < -0.4 is 0 Å². The lowest BCUT2D eigenvalue weighted by molar-refractivity contribution is 0.00692. The summed E-state index contributed by atoms with van der Waals surface area (Å²) in [5.74, 6) is 0.704. The Morgan fingerprint density at radius 2 is 1.83 bits per heavy atom. The summed E-state index contributed by atoms with van der Waals surface area (Å²) < 4.78 is 0. The van der Waals surface area contributed by atoms with E-state index in [1.165, 1.54) is 63.8 Å². The summed E-state index contributed by atoms with van der Waals surface area (Å²) in [6.45, 7) is 6.06. The lowest BCUT2D eigenvalue weighted by Gasteiger charge is -2.50. The molecule has 3 fully saturated rings. The summed E-state index contributed by atoms with van der Waals surface area (Å²) in [6.07, 6.45) is 6.79. The van der Waals surface area contributed by atoms with E-state index < -0.39 is 0 Å². The number of β-amino-alcohol motifs (C(OH)–C–C–N with tert-alkyl or cyclic N) is 1. The molecular weight excluding hydrogens is 284 g/mol. The molecule has 1 unspecified atom stereocenters. The molecule has 4 rings (SSSR count). The van der Waals surface area contributed by atoms with Gasteiger partial charge in [-0.15, -0.1) is 0 Å². The smallest absolute Gasteiger partial charge is 0.0558 e. The molecule has 3 heteroatoms. The molecule has 23 heavy (non-hydrogen) atoms. The van der Waals surface area contributed by atoms with Crippen molar-refractivity contribution in [1.82, 2.24) is 9.80 Å². The van der Waals surface area contributed by atoms with Crippen LogP contribution in [0.1, 0.15) is 43.6 Å². The van der Waals surface area contributed by atoms with Crippen molar-refractivity contribution < 1.29 is 5.11 Å². The van der Waals surface area contributed by atoms with Crippen LogP contribution in [0.25, 0.3) is 0 Å². The van der Waals surface area contributed by atoms with Crippen molar-refractivity contribution in [3.63, 3.8) is 0 Å². The number of nitrogens with zero attached hydrogens (tertiary/aromatic N) is 2. The van der Waals surface area contributed by atoms with E-state index >= 15 is 0 Å². The molecule has 2 aliphatic heterocycles. The Balaban J connectivity index is 1.50. The zero-order valence-corrected chi connectivity index (χ0v) is 14.2. The molecule has 1 saturated carbocycles. The number of piperidine rings is 2. The van der Waals surface area contributed by atoms with E-state index in [9.17, 15) is 5.11 Å². The summed E-state index contributed by atoms with van der Waals surface area (Å²) in [7, 11) is 0. The van der Waals surface area contributed by atoms with Crippen LogP contribution in [0.2, 0.25) is 0 Å². The zero-order valence-electron chi connectivity index (χ0n) is 14.2. The summed E-state index contributed by atoms with van der Waals surface area (Å²) in [4.78, 5) is 5.25. The lowest BCUT2D eigenvalue weighted by Crippen LogP contribution is -2.52. The Morgan fingerprint density at radius 3 is 2.48 bits per heavy atom. The first kappa shape index (κ1) is 15.6. The highest BCUT2D eigenvalue weighted by Crippen LogP contribution is 2.47. The van der Waals surface area contributed by atoms with Crippen molar-refractivity contribution in [2.45, 2.75) is 44.1 Å². The van der Waals surface area contributed by atoms with Crippen molar-refractivity contribution in [3.8, 4) is 0 Å². The largest absolute Gasteiger partial charge is 0.395 e. The van der Waals surface area contributed by atoms with Gasteiger partial charge in [0.25, 0.3) is 0 Å². The first-order valence-corrected chi connectivity index (χ1v) is 9.40. The molecule has 0 amide bonds. The summed E-state index contributed by atoms with van der Waals surface area (Å²) in [5, 5.41) is 9.18. The second-order valence-electron chi connectivity index (χ2n) is 8.04. The number of hydrogen-bond acceptors (Lipinski definition) is 3. The van der Waals surface area contributed by atoms with E-state index in [0.29, 0.717) is 17.9 Å². The van der Waals surface area contributed by atoms with Crippen molar-refractivity contribution in [2.75, 3.05) is 39.3 Å². The third-order valence-corrected chi connectivity index (χ3v) is 6.34. The van der Waals surface area contributed by atoms with Gasteiger partial charge in [-0.3, -0.25) is 4.90 Å². The average Bonchev–Trinajstić information content (AvgIpc) is 3.43. The molecule has 3 nitrogen and oxygen atoms in total. The summed E-state index contributed by atoms with van der Waals surface area (Å²) >= 11 is 0. The monoisotopic (exact) mass is 314 g/mol. The predicted octanol–water partition coefficient (Wildman–Crippen LogP) is 2.71. The minimum Gasteiger partial charge on any atom is -0.395 e. The molecule has 0 bridgehead atoms. The number of aliphatic hydroxyl groups is 1. The Hall–Kier alpha value is -0.900. The first-order chi connectivity index (χ1) is 11.3. The fourth-order valence-corrected chi connectivity index (χ4v) is 4.85. The van der Waals surface area contributed by atoms with Crippen LogP contribution in [0.3, 0.4) is 0 Å². The quantitative estimate of drug-likeness (QED) is 0.926. The van der Waals surface area contributed by atoms with Gasteiger partial charge in [0.2, 0.25) is 0 Å². The van der Waals surface area contributed by atoms with E-state index in [2.05, 4.69) is 40.1 Å². The van der Waals surface area contributed by atoms with Crippen LogP contribution in [0.4, 0.5) is 0 Å². The topological polar surface area (TPSA) is 26.7 Å². The molecule has 1 aromatic rings. The number of rotatable bonds is 4. The van der Waals surface area contributed by atoms with Gasteiger partial charge in [-0.1, -0.05) is 30.3 Å². The maximum Gasteiger partial charge on any atom is 0.0558 e. The SMILES string of the molecule is OCCN1CCC2(CC1)CC(c1ccccc1)CN(C1CC1)C2. The molecule has 1 aliphatic carbocycles. The normalized spacial score (nSPS) is 29.0. The molecule has 126 valence electrons. The minimum absolute atomic E-state index is 0.299. The average molecular weight is 314 g/mol. The van der Waals surface area contributed by atoms with Crippen LogP contribution in [-0.2, 0) is 0 Å². The van der Waals surface area contributed by atoms with Gasteiger partial charge in [-0.25, -0.2) is 0 Å². The minimum atomic E-state index is 0.299. The van der Waals surface area contributed by atoms with Crippen molar-refractivity contribution >= 4 is 0 Å². The van der Waals surface area contributed by atoms with Crippen LogP contribution in [0.5, 0.6) is 0 Å². The highest BCUT2D eigenvalue weighted by Gasteiger charge is 2.45. The lowest BCUT2D eigenvalue weighted by atomic mass is 9.68. The fourth-order valence-electron chi connectivity index (χ4n) is 4.85. The Kier molecular flexibility index (Phi) is 4.44. The number of likely N-dealkylation sites (tertiary alicyclic amines) is 2. The van der Waals surface area contributed by atoms with Gasteiger partial charge >= 0.3 is 0 Å². The van der Waals surface area contributed by atoms with E-state index in [4.69, 9.17) is 0 Å².